The molecule has 1 aromatic rings. The highest BCUT2D eigenvalue weighted by Crippen LogP contribution is 2.19. The van der Waals surface area contributed by atoms with Gasteiger partial charge in [-0.25, -0.2) is 8.78 Å². The van der Waals surface area contributed by atoms with Crippen molar-refractivity contribution in [2.75, 3.05) is 0 Å². The molecule has 0 aliphatic rings. The average Bonchev–Trinajstić information content (AvgIpc) is 2.16. The van der Waals surface area contributed by atoms with E-state index in [1.165, 1.54) is 0 Å². The van der Waals surface area contributed by atoms with Gasteiger partial charge in [0.25, 0.3) is 0 Å². The van der Waals surface area contributed by atoms with Crippen LogP contribution in [-0.4, -0.2) is 0 Å². The van der Waals surface area contributed by atoms with Gasteiger partial charge in [-0.2, -0.15) is 0 Å². The summed E-state index contributed by atoms with van der Waals surface area (Å²) in [4.78, 5) is 0. The molecule has 0 atom stereocenters. The Hall–Kier alpha value is -0.440. The Morgan fingerprint density at radius 1 is 1.08 bits per heavy atom. The highest BCUT2D eigenvalue weighted by atomic mass is 79.9. The Bertz CT molecular complexity index is 238. The molecule has 0 fully saturated rings. The van der Waals surface area contributed by atoms with E-state index in [1.54, 1.807) is 18.2 Å². The third-order valence-corrected chi connectivity index (χ3v) is 2.35. The van der Waals surface area contributed by atoms with Gasteiger partial charge in [0.2, 0.25) is 0 Å². The quantitative estimate of drug-likeness (QED) is 0.703. The molecule has 0 heterocycles. The highest BCUT2D eigenvalue weighted by molar-refractivity contribution is 9.08. The van der Waals surface area contributed by atoms with Gasteiger partial charge in [-0.15, -0.1) is 0 Å². The second-order valence-corrected chi connectivity index (χ2v) is 3.02. The van der Waals surface area contributed by atoms with Crippen molar-refractivity contribution < 1.29 is 8.78 Å². The molecule has 0 unspecified atom stereocenters. The van der Waals surface area contributed by atoms with Crippen LogP contribution in [0.15, 0.2) is 18.2 Å². The first-order chi connectivity index (χ1) is 5.83. The minimum atomic E-state index is -0.533. The minimum absolute atomic E-state index is 0.506. The third kappa shape index (κ3) is 1.83. The molecule has 0 N–H and O–H groups in total. The zero-order valence-corrected chi connectivity index (χ0v) is 8.07. The molecule has 12 heavy (non-hydrogen) atoms. The molecule has 0 saturated carbocycles. The fourth-order valence-corrected chi connectivity index (χ4v) is 1.83. The third-order valence-electron chi connectivity index (χ3n) is 1.79. The van der Waals surface area contributed by atoms with Crippen LogP contribution in [0, 0.1) is 0 Å². The van der Waals surface area contributed by atoms with Gasteiger partial charge in [0.05, 0.1) is 0 Å². The highest BCUT2D eigenvalue weighted by Gasteiger charge is 2.05. The van der Waals surface area contributed by atoms with E-state index in [9.17, 15) is 8.78 Å². The van der Waals surface area contributed by atoms with Gasteiger partial charge in [0.15, 0.2) is 0 Å². The zero-order chi connectivity index (χ0) is 8.97. The monoisotopic (exact) mass is 234 g/mol. The topological polar surface area (TPSA) is 0 Å². The first kappa shape index (κ1) is 9.65. The normalized spacial score (nSPS) is 10.2. The summed E-state index contributed by atoms with van der Waals surface area (Å²) < 4.78 is 24.7. The van der Waals surface area contributed by atoms with E-state index in [0.717, 1.165) is 5.56 Å². The maximum absolute atomic E-state index is 12.3. The van der Waals surface area contributed by atoms with Crippen LogP contribution in [0.4, 0.5) is 8.78 Å². The summed E-state index contributed by atoms with van der Waals surface area (Å²) in [6, 6.07) is 5.03. The predicted octanol–water partition coefficient (Wildman–Crippen LogP) is 3.52. The molecular formula is C9H9BrF2. The lowest BCUT2D eigenvalue weighted by molar-refractivity contribution is 0.471. The van der Waals surface area contributed by atoms with Crippen molar-refractivity contribution in [3.8, 4) is 0 Å². The number of hydrogen-bond acceptors (Lipinski definition) is 0. The molecule has 0 amide bonds. The molecule has 3 heteroatoms. The molecule has 0 saturated heterocycles. The van der Waals surface area contributed by atoms with Gasteiger partial charge in [-0.05, 0) is 16.7 Å². The average molecular weight is 235 g/mol. The largest absolute Gasteiger partial charge is 0.246 e. The minimum Gasteiger partial charge on any atom is -0.246 e. The van der Waals surface area contributed by atoms with E-state index in [-0.39, 0.29) is 0 Å². The van der Waals surface area contributed by atoms with Gasteiger partial charge in [0.1, 0.15) is 13.3 Å². The summed E-state index contributed by atoms with van der Waals surface area (Å²) in [6.07, 6.45) is 0. The standard InChI is InChI=1S/C9H9BrF2/c10-4-9-7(5-11)2-1-3-8(9)6-12/h1-3H,4-6H2. The second kappa shape index (κ2) is 4.55. The second-order valence-electron chi connectivity index (χ2n) is 2.46. The van der Waals surface area contributed by atoms with Crippen LogP contribution in [0.1, 0.15) is 16.7 Å². The van der Waals surface area contributed by atoms with Gasteiger partial charge in [-0.3, -0.25) is 0 Å². The number of hydrogen-bond donors (Lipinski definition) is 0. The van der Waals surface area contributed by atoms with Crippen molar-refractivity contribution >= 4 is 15.9 Å². The summed E-state index contributed by atoms with van der Waals surface area (Å²) in [6.45, 7) is -1.07. The van der Waals surface area contributed by atoms with Crippen molar-refractivity contribution in [1.82, 2.24) is 0 Å². The lowest BCUT2D eigenvalue weighted by atomic mass is 10.0. The van der Waals surface area contributed by atoms with E-state index in [4.69, 9.17) is 0 Å². The van der Waals surface area contributed by atoms with E-state index in [0.29, 0.717) is 16.5 Å². The van der Waals surface area contributed by atoms with Crippen molar-refractivity contribution in [3.05, 3.63) is 34.9 Å². The Labute approximate surface area is 78.7 Å². The van der Waals surface area contributed by atoms with Gasteiger partial charge in [0, 0.05) is 5.33 Å². The molecule has 1 rings (SSSR count). The lowest BCUT2D eigenvalue weighted by Gasteiger charge is -2.06. The number of alkyl halides is 3. The van der Waals surface area contributed by atoms with Crippen molar-refractivity contribution in [2.24, 2.45) is 0 Å². The summed E-state index contributed by atoms with van der Waals surface area (Å²) in [7, 11) is 0. The van der Waals surface area contributed by atoms with Crippen LogP contribution in [0.5, 0.6) is 0 Å². The van der Waals surface area contributed by atoms with Crippen molar-refractivity contribution in [1.29, 1.82) is 0 Å². The van der Waals surface area contributed by atoms with E-state index >= 15 is 0 Å². The molecular weight excluding hydrogens is 226 g/mol. The van der Waals surface area contributed by atoms with Gasteiger partial charge < -0.3 is 0 Å². The molecule has 0 bridgehead atoms. The first-order valence-corrected chi connectivity index (χ1v) is 4.73. The molecule has 0 spiro atoms. The SMILES string of the molecule is FCc1cccc(CF)c1CBr. The summed E-state index contributed by atoms with van der Waals surface area (Å²) in [5.74, 6) is 0. The molecule has 0 radical (unpaired) electrons. The fraction of sp³-hybridized carbons (Fsp3) is 0.333. The summed E-state index contributed by atoms with van der Waals surface area (Å²) in [5, 5.41) is 0.506. The van der Waals surface area contributed by atoms with E-state index < -0.39 is 13.3 Å². The molecule has 66 valence electrons. The molecule has 0 aromatic heterocycles. The maximum atomic E-state index is 12.3. The lowest BCUT2D eigenvalue weighted by Crippen LogP contribution is -1.94. The molecule has 0 nitrogen and oxygen atoms in total. The maximum Gasteiger partial charge on any atom is 0.115 e. The van der Waals surface area contributed by atoms with E-state index in [1.807, 2.05) is 0 Å². The van der Waals surface area contributed by atoms with Crippen LogP contribution in [0.2, 0.25) is 0 Å². The van der Waals surface area contributed by atoms with Crippen LogP contribution >= 0.6 is 15.9 Å². The Balaban J connectivity index is 3.13. The first-order valence-electron chi connectivity index (χ1n) is 3.61. The summed E-state index contributed by atoms with van der Waals surface area (Å²) >= 11 is 3.21. The van der Waals surface area contributed by atoms with Crippen LogP contribution in [-0.2, 0) is 18.7 Å². The van der Waals surface area contributed by atoms with E-state index in [2.05, 4.69) is 15.9 Å². The molecule has 1 aromatic carbocycles. The molecule has 0 aliphatic carbocycles. The van der Waals surface area contributed by atoms with Crippen LogP contribution in [0.3, 0.4) is 0 Å². The van der Waals surface area contributed by atoms with Crippen LogP contribution in [0.25, 0.3) is 0 Å². The Kier molecular flexibility index (Phi) is 3.66. The number of benzene rings is 1. The fourth-order valence-electron chi connectivity index (χ4n) is 1.11. The van der Waals surface area contributed by atoms with Gasteiger partial charge >= 0.3 is 0 Å². The predicted molar refractivity (Wildman–Crippen MR) is 48.7 cm³/mol. The Morgan fingerprint density at radius 2 is 1.58 bits per heavy atom. The van der Waals surface area contributed by atoms with Gasteiger partial charge in [-0.1, -0.05) is 34.1 Å². The van der Waals surface area contributed by atoms with Crippen molar-refractivity contribution in [2.45, 2.75) is 18.7 Å². The number of halogens is 3. The zero-order valence-electron chi connectivity index (χ0n) is 6.49. The Morgan fingerprint density at radius 3 is 1.92 bits per heavy atom. The van der Waals surface area contributed by atoms with Crippen molar-refractivity contribution in [3.63, 3.8) is 0 Å². The summed E-state index contributed by atoms with van der Waals surface area (Å²) in [5.41, 5.74) is 1.88. The molecule has 0 aliphatic heterocycles. The van der Waals surface area contributed by atoms with Crippen LogP contribution < -0.4 is 0 Å². The number of rotatable bonds is 3. The smallest absolute Gasteiger partial charge is 0.115 e.